The molecule has 186 valence electrons. The Balaban J connectivity index is 1.33. The highest BCUT2D eigenvalue weighted by Crippen LogP contribution is 2.28. The van der Waals surface area contributed by atoms with Crippen molar-refractivity contribution in [1.29, 1.82) is 0 Å². The molecule has 1 saturated heterocycles. The molecule has 5 heterocycles. The van der Waals surface area contributed by atoms with E-state index in [1.165, 1.54) is 5.69 Å². The Hall–Kier alpha value is -3.92. The highest BCUT2D eigenvalue weighted by Gasteiger charge is 2.25. The summed E-state index contributed by atoms with van der Waals surface area (Å²) < 4.78 is 5.57. The van der Waals surface area contributed by atoms with Gasteiger partial charge >= 0.3 is 0 Å². The maximum Gasteiger partial charge on any atom is 0.278 e. The van der Waals surface area contributed by atoms with E-state index in [-0.39, 0.29) is 5.56 Å². The second-order valence-corrected chi connectivity index (χ2v) is 9.72. The Bertz CT molecular complexity index is 1470. The third-order valence-corrected chi connectivity index (χ3v) is 7.22. The molecule has 0 aliphatic carbocycles. The summed E-state index contributed by atoms with van der Waals surface area (Å²) in [5.41, 5.74) is 2.47. The normalized spacial score (nSPS) is 18.1. The minimum Gasteiger partial charge on any atom is -0.369 e. The molecule has 10 heteroatoms. The number of nitrogens with one attached hydrogen (secondary N) is 1. The average Bonchev–Trinajstić information content (AvgIpc) is 3.53. The fourth-order valence-corrected chi connectivity index (χ4v) is 5.11. The second kappa shape index (κ2) is 8.94. The van der Waals surface area contributed by atoms with Gasteiger partial charge in [-0.25, -0.2) is 19.3 Å². The SMILES string of the molecule is C=CCn1c(=O)c2cnc(Nc3ccc(N4CCN(C)CC4)cc3)nc2n1-c1cn2c(n1)C(C)CC2. The summed E-state index contributed by atoms with van der Waals surface area (Å²) in [6, 6.07) is 8.32. The number of likely N-dealkylation sites (N-methyl/N-ethyl adjacent to an activating group) is 1. The quantitative estimate of drug-likeness (QED) is 0.420. The summed E-state index contributed by atoms with van der Waals surface area (Å²) in [7, 11) is 2.16. The van der Waals surface area contributed by atoms with Gasteiger partial charge in [0, 0.05) is 56.2 Å². The molecule has 36 heavy (non-hydrogen) atoms. The van der Waals surface area contributed by atoms with E-state index >= 15 is 0 Å². The molecule has 2 aliphatic rings. The van der Waals surface area contributed by atoms with Crippen molar-refractivity contribution in [2.75, 3.05) is 43.4 Å². The second-order valence-electron chi connectivity index (χ2n) is 9.72. The predicted octanol–water partition coefficient (Wildman–Crippen LogP) is 2.97. The number of nitrogens with zero attached hydrogens (tertiary/aromatic N) is 8. The first kappa shape index (κ1) is 22.5. The minimum absolute atomic E-state index is 0.158. The zero-order chi connectivity index (χ0) is 24.8. The fraction of sp³-hybridized carbons (Fsp3) is 0.385. The van der Waals surface area contributed by atoms with Crippen LogP contribution in [0.1, 0.15) is 25.1 Å². The topological polar surface area (TPSA) is 89.0 Å². The van der Waals surface area contributed by atoms with Crippen LogP contribution in [-0.4, -0.2) is 67.0 Å². The van der Waals surface area contributed by atoms with E-state index < -0.39 is 0 Å². The van der Waals surface area contributed by atoms with Crippen molar-refractivity contribution >= 4 is 28.4 Å². The van der Waals surface area contributed by atoms with Crippen molar-refractivity contribution in [3.8, 4) is 5.82 Å². The maximum atomic E-state index is 13.2. The summed E-state index contributed by atoms with van der Waals surface area (Å²) in [6.07, 6.45) is 6.38. The van der Waals surface area contributed by atoms with Crippen molar-refractivity contribution in [2.24, 2.45) is 0 Å². The Labute approximate surface area is 209 Å². The Morgan fingerprint density at radius 1 is 1.11 bits per heavy atom. The van der Waals surface area contributed by atoms with Crippen LogP contribution in [0.3, 0.4) is 0 Å². The van der Waals surface area contributed by atoms with Gasteiger partial charge in [0.15, 0.2) is 11.5 Å². The number of aryl methyl sites for hydroxylation is 1. The van der Waals surface area contributed by atoms with E-state index in [4.69, 9.17) is 9.97 Å². The van der Waals surface area contributed by atoms with Gasteiger partial charge in [0.2, 0.25) is 5.95 Å². The molecule has 2 aliphatic heterocycles. The lowest BCUT2D eigenvalue weighted by atomic mass is 10.1. The van der Waals surface area contributed by atoms with Gasteiger partial charge in [0.1, 0.15) is 11.2 Å². The zero-order valence-corrected chi connectivity index (χ0v) is 20.8. The van der Waals surface area contributed by atoms with Gasteiger partial charge in [-0.15, -0.1) is 6.58 Å². The number of imidazole rings is 1. The number of allylic oxidation sites excluding steroid dienone is 1. The van der Waals surface area contributed by atoms with Gasteiger partial charge < -0.3 is 19.7 Å². The van der Waals surface area contributed by atoms with Crippen molar-refractivity contribution < 1.29 is 0 Å². The van der Waals surface area contributed by atoms with E-state index in [9.17, 15) is 4.79 Å². The van der Waals surface area contributed by atoms with Crippen molar-refractivity contribution in [3.05, 3.63) is 65.5 Å². The molecule has 1 unspecified atom stereocenters. The average molecular weight is 486 g/mol. The van der Waals surface area contributed by atoms with Gasteiger partial charge in [0.05, 0.1) is 12.7 Å². The Kier molecular flexibility index (Phi) is 5.60. The summed E-state index contributed by atoms with van der Waals surface area (Å²) in [5.74, 6) is 2.55. The molecular weight excluding hydrogens is 454 g/mol. The lowest BCUT2D eigenvalue weighted by Gasteiger charge is -2.34. The molecule has 1 atom stereocenters. The molecule has 3 aromatic heterocycles. The Morgan fingerprint density at radius 3 is 2.61 bits per heavy atom. The zero-order valence-electron chi connectivity index (χ0n) is 20.8. The van der Waals surface area contributed by atoms with Crippen LogP contribution in [0.4, 0.5) is 17.3 Å². The third-order valence-electron chi connectivity index (χ3n) is 7.22. The van der Waals surface area contributed by atoms with Gasteiger partial charge in [-0.2, -0.15) is 4.98 Å². The first-order valence-corrected chi connectivity index (χ1v) is 12.5. The fourth-order valence-electron chi connectivity index (χ4n) is 5.11. The highest BCUT2D eigenvalue weighted by atomic mass is 16.1. The van der Waals surface area contributed by atoms with Crippen LogP contribution >= 0.6 is 0 Å². The van der Waals surface area contributed by atoms with Gasteiger partial charge in [0.25, 0.3) is 5.56 Å². The number of piperazine rings is 1. The largest absolute Gasteiger partial charge is 0.369 e. The van der Waals surface area contributed by atoms with Gasteiger partial charge in [-0.05, 0) is 37.7 Å². The molecule has 10 nitrogen and oxygen atoms in total. The molecule has 1 fully saturated rings. The van der Waals surface area contributed by atoms with E-state index in [2.05, 4.69) is 57.4 Å². The number of fused-ring (bicyclic) bond motifs is 2. The summed E-state index contributed by atoms with van der Waals surface area (Å²) in [6.45, 7) is 11.5. The lowest BCUT2D eigenvalue weighted by molar-refractivity contribution is 0.313. The molecule has 0 saturated carbocycles. The molecular formula is C26H31N9O. The molecule has 0 bridgehead atoms. The number of benzene rings is 1. The predicted molar refractivity (Wildman–Crippen MR) is 142 cm³/mol. The Morgan fingerprint density at radius 2 is 1.89 bits per heavy atom. The smallest absolute Gasteiger partial charge is 0.278 e. The van der Waals surface area contributed by atoms with Crippen LogP contribution in [0.15, 0.2) is 54.1 Å². The van der Waals surface area contributed by atoms with Crippen LogP contribution in [0, 0.1) is 0 Å². The number of rotatable bonds is 6. The molecule has 0 spiro atoms. The van der Waals surface area contributed by atoms with Gasteiger partial charge in [-0.3, -0.25) is 4.79 Å². The van der Waals surface area contributed by atoms with Gasteiger partial charge in [-0.1, -0.05) is 13.0 Å². The molecule has 6 rings (SSSR count). The van der Waals surface area contributed by atoms with E-state index in [0.29, 0.717) is 35.3 Å². The summed E-state index contributed by atoms with van der Waals surface area (Å²) in [4.78, 5) is 32.0. The number of hydrogen-bond donors (Lipinski definition) is 1. The number of aromatic nitrogens is 6. The number of hydrogen-bond acceptors (Lipinski definition) is 7. The lowest BCUT2D eigenvalue weighted by Crippen LogP contribution is -2.44. The van der Waals surface area contributed by atoms with Crippen molar-refractivity contribution in [2.45, 2.75) is 32.4 Å². The monoisotopic (exact) mass is 485 g/mol. The highest BCUT2D eigenvalue weighted by molar-refractivity contribution is 5.77. The van der Waals surface area contributed by atoms with Crippen LogP contribution in [0.5, 0.6) is 0 Å². The van der Waals surface area contributed by atoms with E-state index in [1.807, 2.05) is 18.3 Å². The molecule has 0 radical (unpaired) electrons. The third kappa shape index (κ3) is 3.87. The van der Waals surface area contributed by atoms with Crippen molar-refractivity contribution in [1.82, 2.24) is 33.8 Å². The van der Waals surface area contributed by atoms with E-state index in [0.717, 1.165) is 50.7 Å². The summed E-state index contributed by atoms with van der Waals surface area (Å²) in [5, 5.41) is 3.75. The molecule has 1 aromatic carbocycles. The van der Waals surface area contributed by atoms with Crippen LogP contribution < -0.4 is 15.8 Å². The number of anilines is 3. The van der Waals surface area contributed by atoms with Crippen LogP contribution in [-0.2, 0) is 13.1 Å². The summed E-state index contributed by atoms with van der Waals surface area (Å²) >= 11 is 0. The first-order chi connectivity index (χ1) is 17.5. The van der Waals surface area contributed by atoms with E-state index in [1.54, 1.807) is 21.6 Å². The van der Waals surface area contributed by atoms with Crippen LogP contribution in [0.2, 0.25) is 0 Å². The van der Waals surface area contributed by atoms with Crippen LogP contribution in [0.25, 0.3) is 16.9 Å². The first-order valence-electron chi connectivity index (χ1n) is 12.5. The maximum absolute atomic E-state index is 13.2. The minimum atomic E-state index is -0.158. The standard InChI is InChI=1S/C26H31N9O/c1-4-10-34-25(36)21-16-27-26(28-19-5-7-20(8-6-19)32-14-12-31(3)13-15-32)30-24(21)35(34)22-17-33-11-9-18(2)23(33)29-22/h4-8,16-18H,1,9-15H2,2-3H3,(H,27,28,30). The molecule has 4 aromatic rings. The van der Waals surface area contributed by atoms with Crippen molar-refractivity contribution in [3.63, 3.8) is 0 Å². The molecule has 0 amide bonds. The molecule has 1 N–H and O–H groups in total.